The van der Waals surface area contributed by atoms with Gasteiger partial charge in [-0.1, -0.05) is 0 Å². The van der Waals surface area contributed by atoms with Crippen molar-refractivity contribution in [1.82, 2.24) is 5.32 Å². The van der Waals surface area contributed by atoms with Gasteiger partial charge in [-0.05, 0) is 55.9 Å². The highest BCUT2D eigenvalue weighted by Gasteiger charge is 2.47. The minimum absolute atomic E-state index is 0.166. The molecule has 0 saturated heterocycles. The Labute approximate surface area is 119 Å². The summed E-state index contributed by atoms with van der Waals surface area (Å²) in [6, 6.07) is 7.13. The summed E-state index contributed by atoms with van der Waals surface area (Å²) in [7, 11) is 2.01. The van der Waals surface area contributed by atoms with Crippen LogP contribution in [-0.2, 0) is 0 Å². The Bertz CT molecular complexity index is 456. The summed E-state index contributed by atoms with van der Waals surface area (Å²) in [4.78, 5) is 2.11. The van der Waals surface area contributed by atoms with Crippen molar-refractivity contribution >= 4 is 5.69 Å². The molecule has 0 heterocycles. The quantitative estimate of drug-likeness (QED) is 0.802. The van der Waals surface area contributed by atoms with Gasteiger partial charge in [0.1, 0.15) is 5.82 Å². The van der Waals surface area contributed by atoms with Gasteiger partial charge >= 0.3 is 0 Å². The summed E-state index contributed by atoms with van der Waals surface area (Å²) in [6.45, 7) is 0.927. The Morgan fingerprint density at radius 2 is 1.90 bits per heavy atom. The third-order valence-corrected chi connectivity index (χ3v) is 4.50. The first-order valence-corrected chi connectivity index (χ1v) is 7.48. The van der Waals surface area contributed by atoms with Crippen LogP contribution < -0.4 is 10.2 Å². The monoisotopic (exact) mass is 278 g/mol. The Hall–Kier alpha value is -1.13. The van der Waals surface area contributed by atoms with Crippen molar-refractivity contribution in [2.24, 2.45) is 5.92 Å². The van der Waals surface area contributed by atoms with Crippen LogP contribution in [0.5, 0.6) is 0 Å². The Morgan fingerprint density at radius 3 is 2.40 bits per heavy atom. The number of likely N-dealkylation sites (N-methyl/N-ethyl adjacent to an activating group) is 1. The molecule has 2 N–H and O–H groups in total. The molecule has 0 bridgehead atoms. The van der Waals surface area contributed by atoms with Crippen LogP contribution in [0.3, 0.4) is 0 Å². The average Bonchev–Trinajstić information content (AvgIpc) is 3.31. The fourth-order valence-corrected chi connectivity index (χ4v) is 3.00. The third-order valence-electron chi connectivity index (χ3n) is 4.50. The van der Waals surface area contributed by atoms with Gasteiger partial charge in [0, 0.05) is 25.3 Å². The van der Waals surface area contributed by atoms with Crippen LogP contribution in [0.25, 0.3) is 0 Å². The molecule has 4 heteroatoms. The van der Waals surface area contributed by atoms with Crippen LogP contribution in [0.4, 0.5) is 10.1 Å². The zero-order valence-electron chi connectivity index (χ0n) is 12.0. The number of halogens is 1. The molecule has 1 unspecified atom stereocenters. The van der Waals surface area contributed by atoms with Gasteiger partial charge < -0.3 is 15.3 Å². The van der Waals surface area contributed by atoms with Crippen LogP contribution in [-0.4, -0.2) is 36.9 Å². The van der Waals surface area contributed by atoms with Gasteiger partial charge in [-0.2, -0.15) is 0 Å². The molecule has 1 aromatic rings. The third kappa shape index (κ3) is 2.96. The van der Waals surface area contributed by atoms with E-state index in [2.05, 4.69) is 10.2 Å². The first-order chi connectivity index (χ1) is 9.63. The molecule has 3 nitrogen and oxygen atoms in total. The normalized spacial score (nSPS) is 21.6. The highest BCUT2D eigenvalue weighted by atomic mass is 19.1. The molecule has 1 aromatic carbocycles. The lowest BCUT2D eigenvalue weighted by atomic mass is 9.92. The van der Waals surface area contributed by atoms with Gasteiger partial charge in [-0.3, -0.25) is 0 Å². The largest absolute Gasteiger partial charge is 0.394 e. The zero-order chi connectivity index (χ0) is 14.2. The minimum atomic E-state index is -0.214. The maximum Gasteiger partial charge on any atom is 0.123 e. The predicted octanol–water partition coefficient (Wildman–Crippen LogP) is 2.15. The number of hydrogen-bond acceptors (Lipinski definition) is 3. The van der Waals surface area contributed by atoms with Crippen LogP contribution in [0.1, 0.15) is 25.7 Å². The van der Waals surface area contributed by atoms with E-state index >= 15 is 0 Å². The van der Waals surface area contributed by atoms with Crippen molar-refractivity contribution in [2.75, 3.05) is 25.1 Å². The highest BCUT2D eigenvalue weighted by molar-refractivity contribution is 5.46. The number of nitrogens with zero attached hydrogens (tertiary/aromatic N) is 1. The maximum absolute atomic E-state index is 13.0. The maximum atomic E-state index is 13.0. The Balaban J connectivity index is 1.72. The Morgan fingerprint density at radius 1 is 1.25 bits per heavy atom. The fourth-order valence-electron chi connectivity index (χ4n) is 3.00. The van der Waals surface area contributed by atoms with E-state index in [1.807, 2.05) is 7.05 Å². The molecule has 3 rings (SSSR count). The lowest BCUT2D eigenvalue weighted by Crippen LogP contribution is -2.58. The molecule has 110 valence electrons. The van der Waals surface area contributed by atoms with Crippen molar-refractivity contribution in [2.45, 2.75) is 37.3 Å². The first kappa shape index (κ1) is 13.8. The van der Waals surface area contributed by atoms with E-state index in [0.29, 0.717) is 12.0 Å². The van der Waals surface area contributed by atoms with Crippen LogP contribution >= 0.6 is 0 Å². The van der Waals surface area contributed by atoms with Crippen molar-refractivity contribution in [1.29, 1.82) is 0 Å². The van der Waals surface area contributed by atoms with Gasteiger partial charge in [-0.15, -0.1) is 0 Å². The molecule has 1 atom stereocenters. The Kier molecular flexibility index (Phi) is 3.69. The van der Waals surface area contributed by atoms with Crippen molar-refractivity contribution in [3.8, 4) is 0 Å². The summed E-state index contributed by atoms with van der Waals surface area (Å²) in [5, 5.41) is 13.6. The van der Waals surface area contributed by atoms with E-state index in [1.165, 1.54) is 37.8 Å². The average molecular weight is 278 g/mol. The van der Waals surface area contributed by atoms with Crippen molar-refractivity contribution < 1.29 is 9.50 Å². The van der Waals surface area contributed by atoms with E-state index in [1.54, 1.807) is 12.1 Å². The molecule has 0 amide bonds. The molecule has 0 radical (unpaired) electrons. The van der Waals surface area contributed by atoms with Crippen LogP contribution in [0.15, 0.2) is 24.3 Å². The van der Waals surface area contributed by atoms with E-state index in [9.17, 15) is 9.50 Å². The topological polar surface area (TPSA) is 35.5 Å². The predicted molar refractivity (Wildman–Crippen MR) is 78.4 cm³/mol. The fraction of sp³-hybridized carbons (Fsp3) is 0.625. The highest BCUT2D eigenvalue weighted by Crippen LogP contribution is 2.42. The molecule has 2 aliphatic rings. The molecule has 2 fully saturated rings. The molecule has 2 aliphatic carbocycles. The summed E-state index contributed by atoms with van der Waals surface area (Å²) < 4.78 is 13.0. The minimum Gasteiger partial charge on any atom is -0.394 e. The number of anilines is 1. The van der Waals surface area contributed by atoms with Crippen molar-refractivity contribution in [3.63, 3.8) is 0 Å². The molecular weight excluding hydrogens is 255 g/mol. The lowest BCUT2D eigenvalue weighted by Gasteiger charge is -2.38. The summed E-state index contributed by atoms with van der Waals surface area (Å²) in [6.07, 6.45) is 4.82. The van der Waals surface area contributed by atoms with E-state index in [0.717, 1.165) is 12.2 Å². The number of nitrogens with one attached hydrogen (secondary N) is 1. The van der Waals surface area contributed by atoms with E-state index < -0.39 is 0 Å². The molecular formula is C16H23FN2O. The van der Waals surface area contributed by atoms with Gasteiger partial charge in [0.15, 0.2) is 0 Å². The molecule has 0 aromatic heterocycles. The second kappa shape index (κ2) is 5.34. The van der Waals surface area contributed by atoms with Crippen LogP contribution in [0.2, 0.25) is 0 Å². The standard InChI is InChI=1S/C16H23FN2O/c1-19(15-8-4-13(17)5-9-15)10-16(11-20,12-2-3-12)18-14-6-7-14/h4-5,8-9,12,14,18,20H,2-3,6-7,10-11H2,1H3. The second-order valence-corrected chi connectivity index (χ2v) is 6.34. The number of benzene rings is 1. The molecule has 20 heavy (non-hydrogen) atoms. The summed E-state index contributed by atoms with van der Waals surface area (Å²) >= 11 is 0. The first-order valence-electron chi connectivity index (χ1n) is 7.48. The second-order valence-electron chi connectivity index (χ2n) is 6.34. The summed E-state index contributed by atoms with van der Waals surface area (Å²) in [5.74, 6) is 0.352. The molecule has 0 spiro atoms. The molecule has 2 saturated carbocycles. The molecule has 0 aliphatic heterocycles. The van der Waals surface area contributed by atoms with Gasteiger partial charge in [0.2, 0.25) is 0 Å². The van der Waals surface area contributed by atoms with Gasteiger partial charge in [0.05, 0.1) is 12.1 Å². The number of rotatable bonds is 7. The zero-order valence-corrected chi connectivity index (χ0v) is 12.0. The van der Waals surface area contributed by atoms with E-state index in [-0.39, 0.29) is 18.0 Å². The van der Waals surface area contributed by atoms with Gasteiger partial charge in [-0.25, -0.2) is 4.39 Å². The van der Waals surface area contributed by atoms with E-state index in [4.69, 9.17) is 0 Å². The smallest absolute Gasteiger partial charge is 0.123 e. The number of aliphatic hydroxyl groups is 1. The van der Waals surface area contributed by atoms with Gasteiger partial charge in [0.25, 0.3) is 0 Å². The van der Waals surface area contributed by atoms with Crippen molar-refractivity contribution in [3.05, 3.63) is 30.1 Å². The number of hydrogen-bond donors (Lipinski definition) is 2. The van der Waals surface area contributed by atoms with Crippen LogP contribution in [0, 0.1) is 11.7 Å². The SMILES string of the molecule is CN(CC(CO)(NC1CC1)C1CC1)c1ccc(F)cc1. The summed E-state index contributed by atoms with van der Waals surface area (Å²) in [5.41, 5.74) is 0.784. The lowest BCUT2D eigenvalue weighted by molar-refractivity contribution is 0.142. The number of aliphatic hydroxyl groups excluding tert-OH is 1.